The molecule has 0 bridgehead atoms. The number of pyridine rings is 1. The van der Waals surface area contributed by atoms with E-state index in [9.17, 15) is 4.79 Å². The van der Waals surface area contributed by atoms with E-state index in [1.165, 1.54) is 31.2 Å². The van der Waals surface area contributed by atoms with Gasteiger partial charge in [0.2, 0.25) is 0 Å². The molecule has 202 valence electrons. The fraction of sp³-hybridized carbons (Fsp3) is 0.469. The van der Waals surface area contributed by atoms with Crippen LogP contribution in [0, 0.1) is 5.92 Å². The Kier molecular flexibility index (Phi) is 13.2. The monoisotopic (exact) mass is 507 g/mol. The van der Waals surface area contributed by atoms with E-state index in [0.29, 0.717) is 12.5 Å². The van der Waals surface area contributed by atoms with Crippen molar-refractivity contribution in [1.82, 2.24) is 4.57 Å². The van der Waals surface area contributed by atoms with Crippen molar-refractivity contribution in [3.8, 4) is 5.75 Å². The van der Waals surface area contributed by atoms with Gasteiger partial charge in [-0.25, -0.2) is 0 Å². The third-order valence-corrected chi connectivity index (χ3v) is 6.80. The minimum absolute atomic E-state index is 0.0141. The zero-order chi connectivity index (χ0) is 27.2. The first kappa shape index (κ1) is 30.3. The van der Waals surface area contributed by atoms with Gasteiger partial charge in [0.1, 0.15) is 12.4 Å². The molecule has 0 saturated heterocycles. The fourth-order valence-electron chi connectivity index (χ4n) is 4.85. The van der Waals surface area contributed by atoms with Crippen molar-refractivity contribution in [3.63, 3.8) is 0 Å². The molecule has 4 rings (SSSR count). The van der Waals surface area contributed by atoms with Crippen molar-refractivity contribution in [2.45, 2.75) is 72.2 Å². The number of fused-ring (bicyclic) bond motifs is 1. The smallest absolute Gasteiger partial charge is 0.250 e. The summed E-state index contributed by atoms with van der Waals surface area (Å²) in [7, 11) is 1.80. The molecule has 1 heterocycles. The molecule has 37 heavy (non-hydrogen) atoms. The molecule has 1 saturated carbocycles. The van der Waals surface area contributed by atoms with Gasteiger partial charge in [-0.2, -0.15) is 0 Å². The Morgan fingerprint density at radius 1 is 0.973 bits per heavy atom. The van der Waals surface area contributed by atoms with Crippen LogP contribution in [0.2, 0.25) is 0 Å². The molecule has 2 atom stereocenters. The molecule has 5 nitrogen and oxygen atoms in total. The van der Waals surface area contributed by atoms with E-state index in [1.807, 2.05) is 45.0 Å². The van der Waals surface area contributed by atoms with Crippen LogP contribution in [0.25, 0.3) is 10.9 Å². The first-order chi connectivity index (χ1) is 17.9. The lowest BCUT2D eigenvalue weighted by Gasteiger charge is -2.29. The minimum Gasteiger partial charge on any atom is -0.489 e. The number of hydrogen-bond acceptors (Lipinski definition) is 4. The van der Waals surface area contributed by atoms with E-state index in [1.54, 1.807) is 17.7 Å². The average molecular weight is 508 g/mol. The predicted molar refractivity (Wildman–Crippen MR) is 154 cm³/mol. The predicted octanol–water partition coefficient (Wildman–Crippen LogP) is 7.62. The highest BCUT2D eigenvalue weighted by atomic mass is 16.7. The molecular weight excluding hydrogens is 462 g/mol. The van der Waals surface area contributed by atoms with Gasteiger partial charge in [-0.05, 0) is 85.9 Å². The van der Waals surface area contributed by atoms with Crippen LogP contribution in [0.1, 0.15) is 70.4 Å². The molecule has 1 aliphatic rings. The SMILES string of the molecule is C=C.CC1CCCCC1c1cccc(OCc2ccc3c(ccc(=O)n3C)c2)c1.CCOC(C)OCC. The molecule has 1 fully saturated rings. The van der Waals surface area contributed by atoms with Crippen molar-refractivity contribution in [1.29, 1.82) is 0 Å². The van der Waals surface area contributed by atoms with Gasteiger partial charge in [0.05, 0.1) is 5.52 Å². The van der Waals surface area contributed by atoms with Crippen molar-refractivity contribution in [2.24, 2.45) is 13.0 Å². The molecule has 0 N–H and O–H groups in total. The van der Waals surface area contributed by atoms with Gasteiger partial charge >= 0.3 is 0 Å². The highest BCUT2D eigenvalue weighted by Crippen LogP contribution is 2.38. The van der Waals surface area contributed by atoms with E-state index < -0.39 is 0 Å². The topological polar surface area (TPSA) is 49.7 Å². The van der Waals surface area contributed by atoms with Gasteiger partial charge in [0.15, 0.2) is 6.29 Å². The van der Waals surface area contributed by atoms with Crippen LogP contribution in [0.3, 0.4) is 0 Å². The summed E-state index contributed by atoms with van der Waals surface area (Å²) in [6.45, 7) is 16.2. The van der Waals surface area contributed by atoms with Gasteiger partial charge in [0.25, 0.3) is 5.56 Å². The number of aryl methyl sites for hydroxylation is 1. The van der Waals surface area contributed by atoms with Gasteiger partial charge in [-0.15, -0.1) is 13.2 Å². The average Bonchev–Trinajstić information content (AvgIpc) is 2.92. The molecule has 2 aromatic carbocycles. The fourth-order valence-corrected chi connectivity index (χ4v) is 4.85. The van der Waals surface area contributed by atoms with Crippen LogP contribution < -0.4 is 10.3 Å². The van der Waals surface area contributed by atoms with Crippen molar-refractivity contribution < 1.29 is 14.2 Å². The van der Waals surface area contributed by atoms with E-state index in [4.69, 9.17) is 14.2 Å². The molecule has 0 amide bonds. The van der Waals surface area contributed by atoms with Crippen molar-refractivity contribution in [3.05, 3.63) is 89.2 Å². The molecular formula is C32H45NO4. The Hall–Kier alpha value is -2.89. The number of aromatic nitrogens is 1. The summed E-state index contributed by atoms with van der Waals surface area (Å²) < 4.78 is 17.9. The molecule has 5 heteroatoms. The maximum Gasteiger partial charge on any atom is 0.250 e. The molecule has 1 aromatic heterocycles. The second-order valence-electron chi connectivity index (χ2n) is 9.33. The van der Waals surface area contributed by atoms with E-state index in [-0.39, 0.29) is 11.8 Å². The van der Waals surface area contributed by atoms with Crippen LogP contribution in [0.15, 0.2) is 72.5 Å². The van der Waals surface area contributed by atoms with Crippen LogP contribution in [-0.2, 0) is 23.1 Å². The highest BCUT2D eigenvalue weighted by Gasteiger charge is 2.23. The molecule has 1 aliphatic carbocycles. The Balaban J connectivity index is 0.000000414. The molecule has 3 aromatic rings. The van der Waals surface area contributed by atoms with E-state index in [2.05, 4.69) is 44.3 Å². The van der Waals surface area contributed by atoms with E-state index >= 15 is 0 Å². The van der Waals surface area contributed by atoms with Crippen molar-refractivity contribution >= 4 is 10.9 Å². The molecule has 0 radical (unpaired) electrons. The first-order valence-corrected chi connectivity index (χ1v) is 13.5. The van der Waals surface area contributed by atoms with Crippen LogP contribution in [0.5, 0.6) is 5.75 Å². The Bertz CT molecular complexity index is 1130. The number of hydrogen-bond donors (Lipinski definition) is 0. The lowest BCUT2D eigenvalue weighted by molar-refractivity contribution is -0.123. The van der Waals surface area contributed by atoms with Gasteiger partial charge in [-0.1, -0.05) is 44.4 Å². The second-order valence-corrected chi connectivity index (χ2v) is 9.33. The zero-order valence-electron chi connectivity index (χ0n) is 23.4. The highest BCUT2D eigenvalue weighted by molar-refractivity contribution is 5.79. The first-order valence-electron chi connectivity index (χ1n) is 13.5. The van der Waals surface area contributed by atoms with Crippen LogP contribution >= 0.6 is 0 Å². The zero-order valence-corrected chi connectivity index (χ0v) is 23.4. The summed E-state index contributed by atoms with van der Waals surface area (Å²) in [5.74, 6) is 2.34. The maximum absolute atomic E-state index is 11.8. The Morgan fingerprint density at radius 2 is 1.68 bits per heavy atom. The summed E-state index contributed by atoms with van der Waals surface area (Å²) in [6, 6.07) is 18.2. The van der Waals surface area contributed by atoms with E-state index in [0.717, 1.165) is 41.3 Å². The largest absolute Gasteiger partial charge is 0.489 e. The number of ether oxygens (including phenoxy) is 3. The molecule has 0 aliphatic heterocycles. The molecule has 2 unspecified atom stereocenters. The lowest BCUT2D eigenvalue weighted by atomic mass is 9.76. The Morgan fingerprint density at radius 3 is 2.35 bits per heavy atom. The van der Waals surface area contributed by atoms with Gasteiger partial charge in [-0.3, -0.25) is 4.79 Å². The summed E-state index contributed by atoms with van der Waals surface area (Å²) >= 11 is 0. The lowest BCUT2D eigenvalue weighted by Crippen LogP contribution is -2.15. The quantitative estimate of drug-likeness (QED) is 0.232. The van der Waals surface area contributed by atoms with Gasteiger partial charge < -0.3 is 18.8 Å². The third kappa shape index (κ3) is 9.17. The second kappa shape index (κ2) is 16.1. The Labute approximate surface area is 223 Å². The van der Waals surface area contributed by atoms with Crippen LogP contribution in [0.4, 0.5) is 0 Å². The minimum atomic E-state index is -0.0370. The summed E-state index contributed by atoms with van der Waals surface area (Å²) in [5.41, 5.74) is 3.48. The van der Waals surface area contributed by atoms with Crippen LogP contribution in [-0.4, -0.2) is 24.1 Å². The summed E-state index contributed by atoms with van der Waals surface area (Å²) in [6.07, 6.45) is 5.27. The summed E-state index contributed by atoms with van der Waals surface area (Å²) in [5, 5.41) is 1.06. The summed E-state index contributed by atoms with van der Waals surface area (Å²) in [4.78, 5) is 11.8. The van der Waals surface area contributed by atoms with Gasteiger partial charge in [0, 0.05) is 26.3 Å². The standard InChI is InChI=1S/C24H27NO2.C6H14O2.C2H4/c1-17-6-3-4-9-22(17)19-7-5-8-21(15-19)27-16-18-10-12-23-20(14-18)11-13-24(26)25(23)2;1-4-7-6(3)8-5-2;1-2/h5,7-8,10-15,17,22H,3-4,6,9,16H2,1-2H3;6H,4-5H2,1-3H3;1-2H2. The third-order valence-electron chi connectivity index (χ3n) is 6.80. The van der Waals surface area contributed by atoms with Crippen molar-refractivity contribution in [2.75, 3.05) is 13.2 Å². The molecule has 0 spiro atoms. The number of benzene rings is 2. The maximum atomic E-state index is 11.8. The number of nitrogens with zero attached hydrogens (tertiary/aromatic N) is 1. The number of rotatable bonds is 8. The normalized spacial score (nSPS) is 16.9.